The molecule has 0 bridgehead atoms. The Morgan fingerprint density at radius 1 is 1.37 bits per heavy atom. The van der Waals surface area contributed by atoms with Crippen LogP contribution in [0.25, 0.3) is 0 Å². The van der Waals surface area contributed by atoms with Gasteiger partial charge in [-0.05, 0) is 36.7 Å². The molecular weight excluding hydrogens is 295 g/mol. The number of nitriles is 1. The SMILES string of the molecule is Cc1nsc(Sc2ccc(C(F)(F)F)c(C#N)c2)n1. The number of alkyl halides is 3. The minimum atomic E-state index is -4.52. The quantitative estimate of drug-likeness (QED) is 0.844. The van der Waals surface area contributed by atoms with Gasteiger partial charge in [-0.15, -0.1) is 0 Å². The molecule has 1 heterocycles. The van der Waals surface area contributed by atoms with Gasteiger partial charge in [-0.3, -0.25) is 0 Å². The fourth-order valence-corrected chi connectivity index (χ4v) is 3.01. The molecule has 0 radical (unpaired) electrons. The van der Waals surface area contributed by atoms with Gasteiger partial charge in [0, 0.05) is 4.90 Å². The van der Waals surface area contributed by atoms with Crippen molar-refractivity contribution in [1.29, 1.82) is 5.26 Å². The smallest absolute Gasteiger partial charge is 0.213 e. The van der Waals surface area contributed by atoms with E-state index >= 15 is 0 Å². The molecule has 3 nitrogen and oxygen atoms in total. The van der Waals surface area contributed by atoms with Gasteiger partial charge in [-0.2, -0.15) is 22.8 Å². The highest BCUT2D eigenvalue weighted by molar-refractivity contribution is 8.01. The van der Waals surface area contributed by atoms with Crippen molar-refractivity contribution >= 4 is 23.3 Å². The number of aryl methyl sites for hydroxylation is 1. The van der Waals surface area contributed by atoms with Crippen LogP contribution >= 0.6 is 23.3 Å². The third-order valence-corrected chi connectivity index (χ3v) is 3.96. The Morgan fingerprint density at radius 2 is 2.11 bits per heavy atom. The number of benzene rings is 1. The Hall–Kier alpha value is -1.59. The van der Waals surface area contributed by atoms with E-state index in [1.54, 1.807) is 13.0 Å². The van der Waals surface area contributed by atoms with Crippen LogP contribution in [0.15, 0.2) is 27.4 Å². The Labute approximate surface area is 115 Å². The van der Waals surface area contributed by atoms with E-state index in [1.807, 2.05) is 0 Å². The van der Waals surface area contributed by atoms with Gasteiger partial charge in [-0.25, -0.2) is 4.98 Å². The first kappa shape index (κ1) is 13.8. The maximum absolute atomic E-state index is 12.6. The lowest BCUT2D eigenvalue weighted by atomic mass is 10.1. The third kappa shape index (κ3) is 3.24. The number of hydrogen-bond donors (Lipinski definition) is 0. The maximum atomic E-state index is 12.6. The molecule has 0 fully saturated rings. The first-order chi connectivity index (χ1) is 8.90. The number of nitrogens with zero attached hydrogens (tertiary/aromatic N) is 3. The number of hydrogen-bond acceptors (Lipinski definition) is 5. The van der Waals surface area contributed by atoms with Crippen LogP contribution in [0.5, 0.6) is 0 Å². The predicted octanol–water partition coefficient (Wildman–Crippen LogP) is 3.89. The molecule has 8 heteroatoms. The maximum Gasteiger partial charge on any atom is 0.417 e. The molecule has 0 amide bonds. The van der Waals surface area contributed by atoms with Gasteiger partial charge in [0.2, 0.25) is 0 Å². The molecule has 0 saturated carbocycles. The summed E-state index contributed by atoms with van der Waals surface area (Å²) in [4.78, 5) is 4.63. The van der Waals surface area contributed by atoms with Crippen molar-refractivity contribution in [2.75, 3.05) is 0 Å². The van der Waals surface area contributed by atoms with E-state index in [2.05, 4.69) is 9.36 Å². The van der Waals surface area contributed by atoms with E-state index < -0.39 is 17.3 Å². The van der Waals surface area contributed by atoms with Gasteiger partial charge in [0.15, 0.2) is 4.34 Å². The van der Waals surface area contributed by atoms with Gasteiger partial charge >= 0.3 is 6.18 Å². The molecule has 1 aromatic heterocycles. The largest absolute Gasteiger partial charge is 0.417 e. The molecule has 2 aromatic rings. The summed E-state index contributed by atoms with van der Waals surface area (Å²) in [6.45, 7) is 1.73. The summed E-state index contributed by atoms with van der Waals surface area (Å²) >= 11 is 2.35. The van der Waals surface area contributed by atoms with Crippen molar-refractivity contribution < 1.29 is 13.2 Å². The Morgan fingerprint density at radius 3 is 2.63 bits per heavy atom. The van der Waals surface area contributed by atoms with E-state index in [0.717, 1.165) is 17.6 Å². The second-order valence-electron chi connectivity index (χ2n) is 3.53. The van der Waals surface area contributed by atoms with Crippen LogP contribution in [0.2, 0.25) is 0 Å². The molecule has 0 aliphatic rings. The van der Waals surface area contributed by atoms with Gasteiger partial charge < -0.3 is 0 Å². The summed E-state index contributed by atoms with van der Waals surface area (Å²) < 4.78 is 42.5. The molecule has 0 N–H and O–H groups in total. The summed E-state index contributed by atoms with van der Waals surface area (Å²) in [5.74, 6) is 0.611. The van der Waals surface area contributed by atoms with Gasteiger partial charge in [0.1, 0.15) is 5.82 Å². The number of aromatic nitrogens is 2. The van der Waals surface area contributed by atoms with Crippen molar-refractivity contribution in [3.05, 3.63) is 35.2 Å². The number of rotatable bonds is 2. The molecule has 0 saturated heterocycles. The van der Waals surface area contributed by atoms with E-state index in [0.29, 0.717) is 15.1 Å². The van der Waals surface area contributed by atoms with E-state index in [1.165, 1.54) is 23.9 Å². The fraction of sp³-hybridized carbons (Fsp3) is 0.182. The standard InChI is InChI=1S/C11H6F3N3S2/c1-6-16-10(19-17-6)18-8-2-3-9(11(12,13)14)7(4-8)5-15/h2-4H,1H3. The highest BCUT2D eigenvalue weighted by Gasteiger charge is 2.33. The van der Waals surface area contributed by atoms with Crippen molar-refractivity contribution in [2.24, 2.45) is 0 Å². The van der Waals surface area contributed by atoms with Crippen molar-refractivity contribution in [1.82, 2.24) is 9.36 Å². The molecule has 98 valence electrons. The first-order valence-corrected chi connectivity index (χ1v) is 6.58. The Kier molecular flexibility index (Phi) is 3.78. The van der Waals surface area contributed by atoms with Crippen LogP contribution < -0.4 is 0 Å². The van der Waals surface area contributed by atoms with Crippen LogP contribution in [0.3, 0.4) is 0 Å². The lowest BCUT2D eigenvalue weighted by Gasteiger charge is -2.09. The normalized spacial score (nSPS) is 11.3. The van der Waals surface area contributed by atoms with Gasteiger partial charge in [-0.1, -0.05) is 11.8 Å². The highest BCUT2D eigenvalue weighted by atomic mass is 32.2. The minimum Gasteiger partial charge on any atom is -0.213 e. The highest BCUT2D eigenvalue weighted by Crippen LogP contribution is 2.35. The molecule has 2 rings (SSSR count). The lowest BCUT2D eigenvalue weighted by Crippen LogP contribution is -2.07. The van der Waals surface area contributed by atoms with Crippen LogP contribution in [-0.2, 0) is 6.18 Å². The molecule has 19 heavy (non-hydrogen) atoms. The van der Waals surface area contributed by atoms with Crippen LogP contribution in [0, 0.1) is 18.3 Å². The average molecular weight is 301 g/mol. The van der Waals surface area contributed by atoms with E-state index in [4.69, 9.17) is 5.26 Å². The molecule has 0 aliphatic heterocycles. The first-order valence-electron chi connectivity index (χ1n) is 4.99. The Balaban J connectivity index is 2.32. The fourth-order valence-electron chi connectivity index (χ4n) is 1.35. The second kappa shape index (κ2) is 5.19. The summed E-state index contributed by atoms with van der Waals surface area (Å²) in [5.41, 5.74) is -1.31. The molecule has 0 unspecified atom stereocenters. The van der Waals surface area contributed by atoms with Crippen molar-refractivity contribution in [2.45, 2.75) is 22.3 Å². The van der Waals surface area contributed by atoms with Gasteiger partial charge in [0.05, 0.1) is 17.2 Å². The zero-order chi connectivity index (χ0) is 14.0. The van der Waals surface area contributed by atoms with E-state index in [9.17, 15) is 13.2 Å². The molecule has 0 aliphatic carbocycles. The second-order valence-corrected chi connectivity index (χ2v) is 5.60. The minimum absolute atomic E-state index is 0.390. The zero-order valence-corrected chi connectivity index (χ0v) is 11.2. The van der Waals surface area contributed by atoms with Crippen LogP contribution in [-0.4, -0.2) is 9.36 Å². The van der Waals surface area contributed by atoms with Crippen LogP contribution in [0.1, 0.15) is 17.0 Å². The topological polar surface area (TPSA) is 49.6 Å². The van der Waals surface area contributed by atoms with Crippen molar-refractivity contribution in [3.63, 3.8) is 0 Å². The number of halogens is 3. The van der Waals surface area contributed by atoms with Crippen LogP contribution in [0.4, 0.5) is 13.2 Å². The zero-order valence-electron chi connectivity index (χ0n) is 9.52. The van der Waals surface area contributed by atoms with Crippen molar-refractivity contribution in [3.8, 4) is 6.07 Å². The average Bonchev–Trinajstić information content (AvgIpc) is 2.73. The molecule has 0 spiro atoms. The lowest BCUT2D eigenvalue weighted by molar-refractivity contribution is -0.137. The molecule has 1 aromatic carbocycles. The molecular formula is C11H6F3N3S2. The van der Waals surface area contributed by atoms with E-state index in [-0.39, 0.29) is 0 Å². The Bertz CT molecular complexity index is 643. The summed E-state index contributed by atoms with van der Waals surface area (Å²) in [6, 6.07) is 5.02. The summed E-state index contributed by atoms with van der Waals surface area (Å²) in [6.07, 6.45) is -4.52. The predicted molar refractivity (Wildman–Crippen MR) is 64.9 cm³/mol. The molecule has 0 atom stereocenters. The summed E-state index contributed by atoms with van der Waals surface area (Å²) in [5, 5.41) is 8.79. The van der Waals surface area contributed by atoms with Gasteiger partial charge in [0.25, 0.3) is 0 Å². The third-order valence-electron chi connectivity index (χ3n) is 2.13. The monoisotopic (exact) mass is 301 g/mol. The summed E-state index contributed by atoms with van der Waals surface area (Å²) in [7, 11) is 0.